The highest BCUT2D eigenvalue weighted by atomic mass is 19.3. The Morgan fingerprint density at radius 3 is 2.80 bits per heavy atom. The zero-order chi connectivity index (χ0) is 24.9. The van der Waals surface area contributed by atoms with E-state index in [9.17, 15) is 18.0 Å². The Morgan fingerprint density at radius 2 is 2.09 bits per heavy atom. The number of rotatable bonds is 6. The molecule has 9 nitrogen and oxygen atoms in total. The minimum atomic E-state index is -2.60. The topological polar surface area (TPSA) is 101 Å². The van der Waals surface area contributed by atoms with E-state index in [-0.39, 0.29) is 28.9 Å². The van der Waals surface area contributed by atoms with Crippen LogP contribution in [0.15, 0.2) is 18.3 Å². The molecule has 1 atom stereocenters. The molecule has 5 rings (SSSR count). The van der Waals surface area contributed by atoms with Gasteiger partial charge >= 0.3 is 0 Å². The fraction of sp³-hybridized carbons (Fsp3) is 0.391. The second-order valence-corrected chi connectivity index (χ2v) is 8.62. The van der Waals surface area contributed by atoms with Crippen molar-refractivity contribution in [1.82, 2.24) is 29.4 Å². The lowest BCUT2D eigenvalue weighted by molar-refractivity contribution is -0.132. The van der Waals surface area contributed by atoms with Gasteiger partial charge in [0.05, 0.1) is 24.6 Å². The van der Waals surface area contributed by atoms with Crippen LogP contribution in [0.1, 0.15) is 18.7 Å². The van der Waals surface area contributed by atoms with E-state index in [1.165, 1.54) is 17.7 Å². The number of ether oxygens (including phenoxy) is 1. The molecule has 1 amide bonds. The summed E-state index contributed by atoms with van der Waals surface area (Å²) in [4.78, 5) is 29.6. The first-order chi connectivity index (χ1) is 16.7. The fourth-order valence-corrected chi connectivity index (χ4v) is 4.57. The van der Waals surface area contributed by atoms with E-state index in [0.29, 0.717) is 53.3 Å². The Kier molecular flexibility index (Phi) is 5.73. The Labute approximate surface area is 198 Å². The second-order valence-electron chi connectivity index (χ2n) is 8.62. The van der Waals surface area contributed by atoms with Crippen molar-refractivity contribution in [2.24, 2.45) is 0 Å². The third kappa shape index (κ3) is 4.13. The lowest BCUT2D eigenvalue weighted by Crippen LogP contribution is -2.43. The third-order valence-corrected chi connectivity index (χ3v) is 6.28. The number of carbonyl (C=O) groups excluding carboxylic acids is 1. The summed E-state index contributed by atoms with van der Waals surface area (Å²) in [5.41, 5.74) is 1.80. The fourth-order valence-electron chi connectivity index (χ4n) is 4.57. The number of amides is 1. The van der Waals surface area contributed by atoms with Gasteiger partial charge < -0.3 is 24.5 Å². The van der Waals surface area contributed by atoms with Crippen molar-refractivity contribution in [2.75, 3.05) is 26.0 Å². The van der Waals surface area contributed by atoms with Crippen LogP contribution in [0.2, 0.25) is 0 Å². The molecule has 1 aliphatic rings. The summed E-state index contributed by atoms with van der Waals surface area (Å²) in [5.74, 6) is 0.397. The molecule has 1 aromatic carbocycles. The Balaban J connectivity index is 1.56. The van der Waals surface area contributed by atoms with Gasteiger partial charge in [0.1, 0.15) is 17.0 Å². The van der Waals surface area contributed by atoms with E-state index >= 15 is 0 Å². The number of imidazole rings is 1. The van der Waals surface area contributed by atoms with Crippen molar-refractivity contribution in [3.63, 3.8) is 0 Å². The number of nitrogens with zero attached hydrogens (tertiary/aromatic N) is 5. The summed E-state index contributed by atoms with van der Waals surface area (Å²) in [6, 6.07) is 2.93. The first-order valence-electron chi connectivity index (χ1n) is 11.1. The first-order valence-corrected chi connectivity index (χ1v) is 11.1. The molecule has 0 unspecified atom stereocenters. The lowest BCUT2D eigenvalue weighted by Gasteiger charge is -2.30. The molecule has 1 aliphatic heterocycles. The summed E-state index contributed by atoms with van der Waals surface area (Å²) in [6.45, 7) is 1.52. The normalized spacial score (nSPS) is 16.6. The quantitative estimate of drug-likeness (QED) is 0.430. The van der Waals surface area contributed by atoms with Crippen LogP contribution in [0.3, 0.4) is 0 Å². The second kappa shape index (κ2) is 8.75. The zero-order valence-corrected chi connectivity index (χ0v) is 19.4. The molecule has 3 aromatic heterocycles. The monoisotopic (exact) mass is 487 g/mol. The molecule has 0 radical (unpaired) electrons. The highest BCUT2D eigenvalue weighted by Crippen LogP contribution is 2.36. The van der Waals surface area contributed by atoms with Crippen LogP contribution in [-0.4, -0.2) is 68.5 Å². The van der Waals surface area contributed by atoms with Gasteiger partial charge in [0.15, 0.2) is 5.82 Å². The number of hydrogen-bond acceptors (Lipinski definition) is 6. The number of hydrogen-bond donors (Lipinski definition) is 2. The van der Waals surface area contributed by atoms with Crippen LogP contribution in [0, 0.1) is 12.7 Å². The van der Waals surface area contributed by atoms with Crippen LogP contribution in [0.5, 0.6) is 5.88 Å². The van der Waals surface area contributed by atoms with Gasteiger partial charge in [0.2, 0.25) is 17.7 Å². The van der Waals surface area contributed by atoms with E-state index in [1.807, 2.05) is 0 Å². The molecule has 35 heavy (non-hydrogen) atoms. The smallest absolute Gasteiger partial charge is 0.256 e. The van der Waals surface area contributed by atoms with E-state index in [1.54, 1.807) is 31.1 Å². The number of aromatic nitrogens is 5. The number of aryl methyl sites for hydroxylation is 1. The number of H-pyrrole nitrogens is 1. The number of halogens is 3. The molecule has 184 valence electrons. The molecular formula is C23H24F3N7O2. The number of likely N-dealkylation sites (N-methyl/N-ethyl adjacent to an activating group) is 1. The number of alkyl halides is 2. The van der Waals surface area contributed by atoms with Crippen molar-refractivity contribution in [2.45, 2.75) is 38.8 Å². The van der Waals surface area contributed by atoms with E-state index in [2.05, 4.69) is 25.3 Å². The van der Waals surface area contributed by atoms with Crippen LogP contribution in [0.25, 0.3) is 33.2 Å². The Bertz CT molecular complexity index is 1430. The average Bonchev–Trinajstić information content (AvgIpc) is 3.37. The summed E-state index contributed by atoms with van der Waals surface area (Å²) in [5, 5.41) is 3.78. The number of methoxy groups -OCH3 is 1. The van der Waals surface area contributed by atoms with Gasteiger partial charge in [-0.15, -0.1) is 0 Å². The summed E-state index contributed by atoms with van der Waals surface area (Å²) in [7, 11) is 3.23. The number of anilines is 1. The number of benzene rings is 1. The zero-order valence-electron chi connectivity index (χ0n) is 19.4. The van der Waals surface area contributed by atoms with Gasteiger partial charge in [-0.25, -0.2) is 18.2 Å². The number of carbonyl (C=O) groups is 1. The summed E-state index contributed by atoms with van der Waals surface area (Å²) in [6.07, 6.45) is 0.149. The van der Waals surface area contributed by atoms with Gasteiger partial charge in [-0.3, -0.25) is 4.79 Å². The van der Waals surface area contributed by atoms with Gasteiger partial charge in [0.25, 0.3) is 6.43 Å². The van der Waals surface area contributed by atoms with Crippen molar-refractivity contribution >= 4 is 33.9 Å². The van der Waals surface area contributed by atoms with Crippen LogP contribution >= 0.6 is 0 Å². The van der Waals surface area contributed by atoms with E-state index < -0.39 is 18.8 Å². The van der Waals surface area contributed by atoms with Crippen LogP contribution in [-0.2, 0) is 11.3 Å². The molecule has 4 heterocycles. The minimum absolute atomic E-state index is 0.0100. The molecule has 0 bridgehead atoms. The average molecular weight is 487 g/mol. The lowest BCUT2D eigenvalue weighted by atomic mass is 10.0. The van der Waals surface area contributed by atoms with Crippen LogP contribution in [0.4, 0.5) is 19.1 Å². The highest BCUT2D eigenvalue weighted by molar-refractivity contribution is 5.99. The molecule has 0 aliphatic carbocycles. The molecule has 1 saturated heterocycles. The molecular weight excluding hydrogens is 463 g/mol. The van der Waals surface area contributed by atoms with Crippen molar-refractivity contribution in [3.05, 3.63) is 30.0 Å². The maximum atomic E-state index is 15.0. The van der Waals surface area contributed by atoms with Gasteiger partial charge in [0, 0.05) is 37.8 Å². The molecule has 0 spiro atoms. The predicted molar refractivity (Wildman–Crippen MR) is 124 cm³/mol. The number of piperidine rings is 1. The molecule has 12 heteroatoms. The first kappa shape index (κ1) is 22.9. The Morgan fingerprint density at radius 1 is 1.29 bits per heavy atom. The highest BCUT2D eigenvalue weighted by Gasteiger charge is 2.25. The number of fused-ring (bicyclic) bond motifs is 2. The largest absolute Gasteiger partial charge is 0.480 e. The van der Waals surface area contributed by atoms with E-state index in [0.717, 1.165) is 0 Å². The number of aromatic amines is 1. The van der Waals surface area contributed by atoms with Gasteiger partial charge in [-0.05, 0) is 31.0 Å². The van der Waals surface area contributed by atoms with Crippen molar-refractivity contribution < 1.29 is 22.7 Å². The summed E-state index contributed by atoms with van der Waals surface area (Å²) >= 11 is 0. The van der Waals surface area contributed by atoms with Gasteiger partial charge in [-0.2, -0.15) is 9.97 Å². The van der Waals surface area contributed by atoms with Crippen molar-refractivity contribution in [3.8, 4) is 17.0 Å². The van der Waals surface area contributed by atoms with Crippen LogP contribution < -0.4 is 10.1 Å². The predicted octanol–water partition coefficient (Wildman–Crippen LogP) is 3.73. The molecule has 4 aromatic rings. The summed E-state index contributed by atoms with van der Waals surface area (Å²) < 4.78 is 48.1. The van der Waals surface area contributed by atoms with E-state index in [4.69, 9.17) is 4.74 Å². The Hall–Kier alpha value is -3.83. The number of nitrogens with one attached hydrogen (secondary N) is 2. The minimum Gasteiger partial charge on any atom is -0.480 e. The third-order valence-electron chi connectivity index (χ3n) is 6.28. The molecule has 2 N–H and O–H groups in total. The maximum Gasteiger partial charge on any atom is 0.256 e. The SMILES string of the molecule is COc1nc(N[C@@H]2CCC(=O)N(C)C2)nc2[nH]cc(-c3cc(F)c4nc(C)n(CC(F)F)c4c3)c12. The maximum absolute atomic E-state index is 15.0. The number of likely N-dealkylation sites (tertiary alicyclic amines) is 1. The molecule has 1 fully saturated rings. The van der Waals surface area contributed by atoms with Gasteiger partial charge in [-0.1, -0.05) is 0 Å². The standard InChI is InChI=1S/C23H24F3N7O2/c1-11-28-20-15(24)6-12(7-16(20)33(11)10-17(25)26)14-8-27-21-19(14)22(35-3)31-23(30-21)29-13-4-5-18(34)32(2)9-13/h6-8,13,17H,4-5,9-10H2,1-3H3,(H2,27,29,30,31)/t13-/m1/s1. The van der Waals surface area contributed by atoms with Crippen molar-refractivity contribution in [1.29, 1.82) is 0 Å². The molecule has 0 saturated carbocycles.